The van der Waals surface area contributed by atoms with E-state index in [2.05, 4.69) is 57.7 Å². The topological polar surface area (TPSA) is 121 Å². The Morgan fingerprint density at radius 2 is 1.90 bits per heavy atom. The summed E-state index contributed by atoms with van der Waals surface area (Å²) in [5, 5.41) is 26.8. The molecule has 0 bridgehead atoms. The van der Waals surface area contributed by atoms with Crippen LogP contribution in [0.4, 0.5) is 21.5 Å². The number of nitrogens with zero attached hydrogens (tertiary/aromatic N) is 6. The van der Waals surface area contributed by atoms with E-state index in [0.717, 1.165) is 31.5 Å². The molecule has 0 radical (unpaired) electrons. The number of pyridine rings is 1. The molecule has 0 spiro atoms. The summed E-state index contributed by atoms with van der Waals surface area (Å²) in [5.74, 6) is -1.03. The first kappa shape index (κ1) is 34.1. The largest absolute Gasteiger partial charge is 0.465 e. The molecule has 1 aliphatic heterocycles. The minimum atomic E-state index is -0.584. The molecule has 0 saturated carbocycles. The highest BCUT2D eigenvalue weighted by molar-refractivity contribution is 6.32. The maximum Gasteiger partial charge on any atom is 0.337 e. The molecule has 252 valence electrons. The number of hydrogen-bond donors (Lipinski definition) is 2. The molecule has 0 amide bonds. The van der Waals surface area contributed by atoms with Crippen LogP contribution in [0.15, 0.2) is 67.0 Å². The fourth-order valence-electron chi connectivity index (χ4n) is 6.16. The average molecular weight is 702 g/mol. The van der Waals surface area contributed by atoms with Crippen molar-refractivity contribution in [1.82, 2.24) is 24.9 Å². The number of hydrogen-bond acceptors (Lipinski definition) is 9. The first-order valence-corrected chi connectivity index (χ1v) is 16.6. The zero-order chi connectivity index (χ0) is 34.9. The van der Waals surface area contributed by atoms with Crippen molar-refractivity contribution in [2.75, 3.05) is 30.8 Å². The SMILES string of the molecule is COC(=O)c1cccc([C@H](Nc2cc(Cl)cc3c(Nc4ccc(F)c(Cl)c4)c(C#N)cnc23)c2cn(C3CCN(C(C)(C)C)CC3)nn2)c1. The summed E-state index contributed by atoms with van der Waals surface area (Å²) in [5.41, 5.74) is 4.06. The number of fused-ring (bicyclic) bond motifs is 1. The third kappa shape index (κ3) is 7.32. The predicted octanol–water partition coefficient (Wildman–Crippen LogP) is 8.31. The van der Waals surface area contributed by atoms with Gasteiger partial charge in [0.05, 0.1) is 58.4 Å². The van der Waals surface area contributed by atoms with E-state index in [1.54, 1.807) is 30.3 Å². The number of halogens is 3. The molecular formula is C36H35Cl2FN8O2. The number of carbonyl (C=O) groups excluding carboxylic acids is 1. The number of nitrogens with one attached hydrogen (secondary N) is 2. The quantitative estimate of drug-likeness (QED) is 0.154. The van der Waals surface area contributed by atoms with Gasteiger partial charge in [0.15, 0.2) is 0 Å². The van der Waals surface area contributed by atoms with Crippen molar-refractivity contribution < 1.29 is 13.9 Å². The molecule has 5 aromatic rings. The molecular weight excluding hydrogens is 666 g/mol. The summed E-state index contributed by atoms with van der Waals surface area (Å²) < 4.78 is 20.8. The zero-order valence-corrected chi connectivity index (χ0v) is 29.0. The van der Waals surface area contributed by atoms with Crippen LogP contribution in [0.25, 0.3) is 10.9 Å². The monoisotopic (exact) mass is 700 g/mol. The molecule has 3 heterocycles. The number of esters is 1. The third-order valence-corrected chi connectivity index (χ3v) is 9.31. The number of anilines is 3. The van der Waals surface area contributed by atoms with E-state index < -0.39 is 17.8 Å². The van der Waals surface area contributed by atoms with Crippen LogP contribution in [0.5, 0.6) is 0 Å². The van der Waals surface area contributed by atoms with Crippen LogP contribution < -0.4 is 10.6 Å². The summed E-state index contributed by atoms with van der Waals surface area (Å²) >= 11 is 12.7. The predicted molar refractivity (Wildman–Crippen MR) is 189 cm³/mol. The van der Waals surface area contributed by atoms with E-state index >= 15 is 0 Å². The number of likely N-dealkylation sites (tertiary alicyclic amines) is 1. The van der Waals surface area contributed by atoms with Gasteiger partial charge in [-0.1, -0.05) is 40.5 Å². The molecule has 13 heteroatoms. The Morgan fingerprint density at radius 1 is 1.12 bits per heavy atom. The Labute approximate surface area is 293 Å². The molecule has 3 aromatic carbocycles. The molecule has 6 rings (SSSR count). The highest BCUT2D eigenvalue weighted by Gasteiger charge is 2.29. The van der Waals surface area contributed by atoms with Crippen molar-refractivity contribution in [3.8, 4) is 6.07 Å². The van der Waals surface area contributed by atoms with Crippen molar-refractivity contribution in [2.45, 2.75) is 51.2 Å². The highest BCUT2D eigenvalue weighted by atomic mass is 35.5. The second-order valence-electron chi connectivity index (χ2n) is 13.0. The standard InChI is InChI=1S/C36H35Cl2FN8O2/c1-36(2,3)46-12-10-26(11-13-46)47-20-31(44-45-47)33(21-6-5-7-22(14-21)35(48)49-4)43-30-16-24(37)15-27-32(23(18-40)19-41-34(27)30)42-25-8-9-29(39)28(38)17-25/h5-9,14-17,19-20,26,33,43H,10-13H2,1-4H3,(H,41,42)/t33-/m0/s1. The van der Waals surface area contributed by atoms with Gasteiger partial charge in [0, 0.05) is 40.9 Å². The van der Waals surface area contributed by atoms with Gasteiger partial charge in [-0.2, -0.15) is 5.26 Å². The van der Waals surface area contributed by atoms with E-state index in [9.17, 15) is 14.4 Å². The summed E-state index contributed by atoms with van der Waals surface area (Å²) in [6.07, 6.45) is 5.28. The van der Waals surface area contributed by atoms with Crippen molar-refractivity contribution in [3.63, 3.8) is 0 Å². The second-order valence-corrected chi connectivity index (χ2v) is 13.8. The maximum absolute atomic E-state index is 13.9. The van der Waals surface area contributed by atoms with E-state index in [-0.39, 0.29) is 22.2 Å². The number of carbonyl (C=O) groups is 1. The molecule has 49 heavy (non-hydrogen) atoms. The van der Waals surface area contributed by atoms with Crippen LogP contribution >= 0.6 is 23.2 Å². The minimum absolute atomic E-state index is 0.0629. The van der Waals surface area contributed by atoms with Crippen LogP contribution in [0.3, 0.4) is 0 Å². The molecule has 2 N–H and O–H groups in total. The van der Waals surface area contributed by atoms with Crippen LogP contribution in [0.2, 0.25) is 10.0 Å². The number of piperidine rings is 1. The Morgan fingerprint density at radius 3 is 2.59 bits per heavy atom. The maximum atomic E-state index is 13.9. The number of ether oxygens (including phenoxy) is 1. The second kappa shape index (κ2) is 14.0. The molecule has 1 saturated heterocycles. The van der Waals surface area contributed by atoms with Gasteiger partial charge in [0.2, 0.25) is 0 Å². The summed E-state index contributed by atoms with van der Waals surface area (Å²) in [6, 6.07) is 16.5. The summed E-state index contributed by atoms with van der Waals surface area (Å²) in [7, 11) is 1.34. The van der Waals surface area contributed by atoms with E-state index in [1.165, 1.54) is 31.5 Å². The van der Waals surface area contributed by atoms with Crippen molar-refractivity contribution in [2.24, 2.45) is 0 Å². The van der Waals surface area contributed by atoms with Crippen molar-refractivity contribution >= 4 is 57.1 Å². The Hall–Kier alpha value is -4.76. The molecule has 1 fully saturated rings. The van der Waals surface area contributed by atoms with Gasteiger partial charge in [-0.25, -0.2) is 13.9 Å². The lowest BCUT2D eigenvalue weighted by atomic mass is 9.98. The van der Waals surface area contributed by atoms with Gasteiger partial charge >= 0.3 is 5.97 Å². The average Bonchev–Trinajstić information content (AvgIpc) is 3.58. The number of rotatable bonds is 8. The Bertz CT molecular complexity index is 2060. The normalized spacial score (nSPS) is 14.7. The van der Waals surface area contributed by atoms with Crippen LogP contribution in [0, 0.1) is 17.1 Å². The first-order valence-electron chi connectivity index (χ1n) is 15.8. The van der Waals surface area contributed by atoms with Crippen LogP contribution in [0.1, 0.15) is 72.9 Å². The van der Waals surface area contributed by atoms with E-state index in [4.69, 9.17) is 27.9 Å². The number of nitriles is 1. The Balaban J connectivity index is 1.41. The Kier molecular flexibility index (Phi) is 9.75. The van der Waals surface area contributed by atoms with Gasteiger partial charge in [-0.3, -0.25) is 9.88 Å². The van der Waals surface area contributed by atoms with Crippen LogP contribution in [-0.2, 0) is 4.74 Å². The van der Waals surface area contributed by atoms with Crippen molar-refractivity contribution in [3.05, 3.63) is 105 Å². The fourth-order valence-corrected chi connectivity index (χ4v) is 6.56. The molecule has 2 aromatic heterocycles. The fraction of sp³-hybridized carbons (Fsp3) is 0.306. The lowest BCUT2D eigenvalue weighted by Gasteiger charge is -2.40. The van der Waals surface area contributed by atoms with Crippen molar-refractivity contribution in [1.29, 1.82) is 5.26 Å². The molecule has 0 unspecified atom stereocenters. The van der Waals surface area contributed by atoms with Gasteiger partial charge in [0.25, 0.3) is 0 Å². The van der Waals surface area contributed by atoms with E-state index in [1.807, 2.05) is 16.9 Å². The van der Waals surface area contributed by atoms with Gasteiger partial charge < -0.3 is 15.4 Å². The smallest absolute Gasteiger partial charge is 0.337 e. The number of methoxy groups -OCH3 is 1. The van der Waals surface area contributed by atoms with Gasteiger partial charge in [-0.05, 0) is 81.6 Å². The molecule has 10 nitrogen and oxygen atoms in total. The summed E-state index contributed by atoms with van der Waals surface area (Å²) in [6.45, 7) is 8.60. The lowest BCUT2D eigenvalue weighted by Crippen LogP contribution is -2.46. The third-order valence-electron chi connectivity index (χ3n) is 8.80. The van der Waals surface area contributed by atoms with Gasteiger partial charge in [0.1, 0.15) is 17.6 Å². The molecule has 1 aliphatic rings. The highest BCUT2D eigenvalue weighted by Crippen LogP contribution is 2.38. The number of aromatic nitrogens is 4. The van der Waals surface area contributed by atoms with Gasteiger partial charge in [-0.15, -0.1) is 5.10 Å². The lowest BCUT2D eigenvalue weighted by molar-refractivity contribution is 0.0600. The summed E-state index contributed by atoms with van der Waals surface area (Å²) in [4.78, 5) is 19.7. The minimum Gasteiger partial charge on any atom is -0.465 e. The zero-order valence-electron chi connectivity index (χ0n) is 27.5. The molecule has 0 aliphatic carbocycles. The molecule has 1 atom stereocenters. The van der Waals surface area contributed by atoms with Crippen LogP contribution in [-0.4, -0.2) is 56.6 Å². The van der Waals surface area contributed by atoms with E-state index in [0.29, 0.717) is 44.2 Å². The number of benzene rings is 3. The first-order chi connectivity index (χ1) is 23.4.